The topological polar surface area (TPSA) is 32.3 Å². The van der Waals surface area contributed by atoms with Crippen LogP contribution in [0.4, 0.5) is 5.69 Å². The van der Waals surface area contributed by atoms with Crippen LogP contribution in [-0.2, 0) is 0 Å². The van der Waals surface area contributed by atoms with Gasteiger partial charge < -0.3 is 10.2 Å². The first-order chi connectivity index (χ1) is 8.54. The first-order valence-corrected chi connectivity index (χ1v) is 6.64. The quantitative estimate of drug-likeness (QED) is 0.838. The standard InChI is InChI=1S/C15H24N2O/c1-5-10-16-14-8-6-13(7-9-14)15(18)17(4)11-12(2)3/h6-9,12,16H,5,10-11H2,1-4H3. The molecule has 0 aliphatic heterocycles. The van der Waals surface area contributed by atoms with Crippen molar-refractivity contribution in [3.63, 3.8) is 0 Å². The summed E-state index contributed by atoms with van der Waals surface area (Å²) in [7, 11) is 1.85. The number of nitrogens with zero attached hydrogens (tertiary/aromatic N) is 1. The fourth-order valence-electron chi connectivity index (χ4n) is 1.85. The number of anilines is 1. The van der Waals surface area contributed by atoms with Crippen LogP contribution in [0.2, 0.25) is 0 Å². The molecule has 0 spiro atoms. The van der Waals surface area contributed by atoms with Gasteiger partial charge in [0.05, 0.1) is 0 Å². The predicted molar refractivity (Wildman–Crippen MR) is 77.0 cm³/mol. The van der Waals surface area contributed by atoms with Crippen molar-refractivity contribution in [2.75, 3.05) is 25.5 Å². The molecule has 0 aliphatic rings. The van der Waals surface area contributed by atoms with Crippen molar-refractivity contribution in [2.45, 2.75) is 27.2 Å². The van der Waals surface area contributed by atoms with Gasteiger partial charge in [-0.05, 0) is 36.6 Å². The molecular formula is C15H24N2O. The molecule has 0 bridgehead atoms. The summed E-state index contributed by atoms with van der Waals surface area (Å²) in [4.78, 5) is 13.9. The monoisotopic (exact) mass is 248 g/mol. The summed E-state index contributed by atoms with van der Waals surface area (Å²) in [5, 5.41) is 3.30. The van der Waals surface area contributed by atoms with Crippen LogP contribution in [-0.4, -0.2) is 30.9 Å². The van der Waals surface area contributed by atoms with Gasteiger partial charge in [-0.2, -0.15) is 0 Å². The zero-order valence-corrected chi connectivity index (χ0v) is 11.9. The average molecular weight is 248 g/mol. The molecule has 0 fully saturated rings. The van der Waals surface area contributed by atoms with E-state index in [2.05, 4.69) is 26.1 Å². The van der Waals surface area contributed by atoms with Crippen molar-refractivity contribution >= 4 is 11.6 Å². The summed E-state index contributed by atoms with van der Waals surface area (Å²) in [6, 6.07) is 7.70. The molecule has 0 saturated carbocycles. The summed E-state index contributed by atoms with van der Waals surface area (Å²) >= 11 is 0. The van der Waals surface area contributed by atoms with Crippen molar-refractivity contribution in [3.8, 4) is 0 Å². The van der Waals surface area contributed by atoms with E-state index >= 15 is 0 Å². The zero-order chi connectivity index (χ0) is 13.5. The first-order valence-electron chi connectivity index (χ1n) is 6.64. The third-order valence-electron chi connectivity index (χ3n) is 2.70. The van der Waals surface area contributed by atoms with Gasteiger partial charge in [0.2, 0.25) is 0 Å². The van der Waals surface area contributed by atoms with Crippen molar-refractivity contribution in [1.82, 2.24) is 4.90 Å². The van der Waals surface area contributed by atoms with Crippen molar-refractivity contribution < 1.29 is 4.79 Å². The Morgan fingerprint density at radius 3 is 2.39 bits per heavy atom. The van der Waals surface area contributed by atoms with Gasteiger partial charge in [0.15, 0.2) is 0 Å². The van der Waals surface area contributed by atoms with Crippen molar-refractivity contribution in [3.05, 3.63) is 29.8 Å². The summed E-state index contributed by atoms with van der Waals surface area (Å²) < 4.78 is 0. The van der Waals surface area contributed by atoms with E-state index in [1.165, 1.54) is 0 Å². The Hall–Kier alpha value is -1.51. The maximum atomic E-state index is 12.1. The van der Waals surface area contributed by atoms with Crippen molar-refractivity contribution in [2.24, 2.45) is 5.92 Å². The van der Waals surface area contributed by atoms with E-state index in [0.717, 1.165) is 30.8 Å². The van der Waals surface area contributed by atoms with Crippen LogP contribution in [0.25, 0.3) is 0 Å². The molecule has 0 saturated heterocycles. The lowest BCUT2D eigenvalue weighted by Crippen LogP contribution is -2.30. The lowest BCUT2D eigenvalue weighted by Gasteiger charge is -2.19. The second-order valence-corrected chi connectivity index (χ2v) is 5.08. The molecule has 3 heteroatoms. The molecule has 0 heterocycles. The summed E-state index contributed by atoms with van der Waals surface area (Å²) in [5.41, 5.74) is 1.82. The maximum Gasteiger partial charge on any atom is 0.253 e. The Morgan fingerprint density at radius 1 is 1.28 bits per heavy atom. The lowest BCUT2D eigenvalue weighted by atomic mass is 10.1. The van der Waals surface area contributed by atoms with Crippen LogP contribution in [0, 0.1) is 5.92 Å². The van der Waals surface area contributed by atoms with Crippen LogP contribution in [0.1, 0.15) is 37.6 Å². The average Bonchev–Trinajstić information content (AvgIpc) is 2.35. The number of nitrogens with one attached hydrogen (secondary N) is 1. The molecule has 3 nitrogen and oxygen atoms in total. The number of hydrogen-bond acceptors (Lipinski definition) is 2. The molecule has 0 unspecified atom stereocenters. The minimum absolute atomic E-state index is 0.0886. The fourth-order valence-corrected chi connectivity index (χ4v) is 1.85. The van der Waals surface area contributed by atoms with Crippen molar-refractivity contribution in [1.29, 1.82) is 0 Å². The van der Waals surface area contributed by atoms with Crippen LogP contribution >= 0.6 is 0 Å². The van der Waals surface area contributed by atoms with Gasteiger partial charge >= 0.3 is 0 Å². The molecule has 0 aromatic heterocycles. The second kappa shape index (κ2) is 7.04. The van der Waals surface area contributed by atoms with Crippen LogP contribution in [0.5, 0.6) is 0 Å². The third kappa shape index (κ3) is 4.40. The largest absolute Gasteiger partial charge is 0.385 e. The van der Waals surface area contributed by atoms with E-state index in [9.17, 15) is 4.79 Å². The number of benzene rings is 1. The van der Waals surface area contributed by atoms with E-state index < -0.39 is 0 Å². The molecule has 18 heavy (non-hydrogen) atoms. The van der Waals surface area contributed by atoms with E-state index in [-0.39, 0.29) is 5.91 Å². The predicted octanol–water partition coefficient (Wildman–Crippen LogP) is 3.24. The fraction of sp³-hybridized carbons (Fsp3) is 0.533. The third-order valence-corrected chi connectivity index (χ3v) is 2.70. The number of hydrogen-bond donors (Lipinski definition) is 1. The SMILES string of the molecule is CCCNc1ccc(C(=O)N(C)CC(C)C)cc1. The van der Waals surface area contributed by atoms with Crippen LogP contribution in [0.3, 0.4) is 0 Å². The molecular weight excluding hydrogens is 224 g/mol. The molecule has 100 valence electrons. The normalized spacial score (nSPS) is 10.5. The Labute approximate surface area is 110 Å². The molecule has 0 atom stereocenters. The van der Waals surface area contributed by atoms with E-state index in [4.69, 9.17) is 0 Å². The number of carbonyl (C=O) groups is 1. The number of carbonyl (C=O) groups excluding carboxylic acids is 1. The number of rotatable bonds is 6. The maximum absolute atomic E-state index is 12.1. The highest BCUT2D eigenvalue weighted by molar-refractivity contribution is 5.94. The van der Waals surface area contributed by atoms with Gasteiger partial charge in [-0.25, -0.2) is 0 Å². The molecule has 1 aromatic carbocycles. The van der Waals surface area contributed by atoms with E-state index in [1.54, 1.807) is 4.90 Å². The molecule has 0 radical (unpaired) electrons. The van der Waals surface area contributed by atoms with Crippen LogP contribution < -0.4 is 5.32 Å². The van der Waals surface area contributed by atoms with Gasteiger partial charge in [-0.15, -0.1) is 0 Å². The lowest BCUT2D eigenvalue weighted by molar-refractivity contribution is 0.0779. The summed E-state index contributed by atoms with van der Waals surface area (Å²) in [5.74, 6) is 0.579. The van der Waals surface area contributed by atoms with Gasteiger partial charge in [-0.3, -0.25) is 4.79 Å². The Morgan fingerprint density at radius 2 is 1.89 bits per heavy atom. The Balaban J connectivity index is 2.63. The summed E-state index contributed by atoms with van der Waals surface area (Å²) in [6.07, 6.45) is 1.10. The molecule has 1 rings (SSSR count). The smallest absolute Gasteiger partial charge is 0.253 e. The highest BCUT2D eigenvalue weighted by Crippen LogP contribution is 2.11. The molecule has 1 aromatic rings. The van der Waals surface area contributed by atoms with Gasteiger partial charge in [0.25, 0.3) is 5.91 Å². The van der Waals surface area contributed by atoms with E-state index in [0.29, 0.717) is 5.92 Å². The van der Waals surface area contributed by atoms with Crippen LogP contribution in [0.15, 0.2) is 24.3 Å². The Bertz CT molecular complexity index is 371. The number of amides is 1. The van der Waals surface area contributed by atoms with Gasteiger partial charge in [-0.1, -0.05) is 20.8 Å². The first kappa shape index (κ1) is 14.6. The van der Waals surface area contributed by atoms with Gasteiger partial charge in [0.1, 0.15) is 0 Å². The van der Waals surface area contributed by atoms with Gasteiger partial charge in [0, 0.05) is 31.4 Å². The highest BCUT2D eigenvalue weighted by Gasteiger charge is 2.12. The molecule has 0 aliphatic carbocycles. The Kier molecular flexibility index (Phi) is 5.69. The summed E-state index contributed by atoms with van der Waals surface area (Å²) in [6.45, 7) is 8.10. The second-order valence-electron chi connectivity index (χ2n) is 5.08. The minimum atomic E-state index is 0.0886. The highest BCUT2D eigenvalue weighted by atomic mass is 16.2. The zero-order valence-electron chi connectivity index (χ0n) is 11.9. The van der Waals surface area contributed by atoms with E-state index in [1.807, 2.05) is 31.3 Å². The molecule has 1 N–H and O–H groups in total. The minimum Gasteiger partial charge on any atom is -0.385 e. The molecule has 1 amide bonds.